The Morgan fingerprint density at radius 3 is 2.38 bits per heavy atom. The second-order valence-electron chi connectivity index (χ2n) is 12.3. The van der Waals surface area contributed by atoms with Crippen LogP contribution in [0.5, 0.6) is 0 Å². The molecule has 0 spiro atoms. The number of hydrogen-bond acceptors (Lipinski definition) is 7. The highest BCUT2D eigenvalue weighted by molar-refractivity contribution is 6.03. The predicted molar refractivity (Wildman–Crippen MR) is 150 cm³/mol. The summed E-state index contributed by atoms with van der Waals surface area (Å²) in [6.45, 7) is 13.3. The molecule has 4 heterocycles. The first-order valence-corrected chi connectivity index (χ1v) is 14.3. The van der Waals surface area contributed by atoms with Crippen LogP contribution < -0.4 is 10.2 Å². The number of aryl methyl sites for hydroxylation is 1. The Hall–Kier alpha value is -3.14. The van der Waals surface area contributed by atoms with E-state index in [1.807, 2.05) is 49.5 Å². The van der Waals surface area contributed by atoms with Crippen molar-refractivity contribution in [2.45, 2.75) is 70.9 Å². The highest BCUT2D eigenvalue weighted by Crippen LogP contribution is 2.35. The summed E-state index contributed by atoms with van der Waals surface area (Å²) in [6.07, 6.45) is 2.63. The maximum atomic E-state index is 12.6. The van der Waals surface area contributed by atoms with Crippen molar-refractivity contribution in [1.82, 2.24) is 24.9 Å². The minimum atomic E-state index is -0.465. The average molecular weight is 539 g/mol. The summed E-state index contributed by atoms with van der Waals surface area (Å²) in [5.74, 6) is -0.304. The molecule has 2 aromatic rings. The largest absolute Gasteiger partial charge is 0.444 e. The SMILES string of the molecule is CC(C1CCN(C(=O)OC(C)(C)C)CC1)N1CCN(c2cccc3c(C4CCC(=O)NC4=O)nn(C)c23)CC1. The Morgan fingerprint density at radius 1 is 1.05 bits per heavy atom. The minimum absolute atomic E-state index is 0.202. The Labute approximate surface area is 230 Å². The van der Waals surface area contributed by atoms with E-state index in [1.165, 1.54) is 0 Å². The van der Waals surface area contributed by atoms with Gasteiger partial charge in [-0.1, -0.05) is 12.1 Å². The average Bonchev–Trinajstić information content (AvgIpc) is 3.24. The first-order chi connectivity index (χ1) is 18.5. The third-order valence-corrected chi connectivity index (χ3v) is 8.55. The van der Waals surface area contributed by atoms with Crippen molar-refractivity contribution in [1.29, 1.82) is 0 Å². The third kappa shape index (κ3) is 5.76. The van der Waals surface area contributed by atoms with Gasteiger partial charge in [-0.3, -0.25) is 24.5 Å². The summed E-state index contributed by atoms with van der Waals surface area (Å²) in [7, 11) is 1.93. The maximum Gasteiger partial charge on any atom is 0.410 e. The van der Waals surface area contributed by atoms with Gasteiger partial charge in [0, 0.05) is 64.2 Å². The monoisotopic (exact) mass is 538 g/mol. The van der Waals surface area contributed by atoms with Crippen molar-refractivity contribution in [3.63, 3.8) is 0 Å². The van der Waals surface area contributed by atoms with E-state index in [4.69, 9.17) is 9.84 Å². The van der Waals surface area contributed by atoms with E-state index < -0.39 is 11.5 Å². The smallest absolute Gasteiger partial charge is 0.410 e. The molecule has 0 radical (unpaired) electrons. The predicted octanol–water partition coefficient (Wildman–Crippen LogP) is 3.25. The van der Waals surface area contributed by atoms with Crippen LogP contribution in [-0.2, 0) is 21.4 Å². The van der Waals surface area contributed by atoms with Crippen LogP contribution in [0.1, 0.15) is 65.0 Å². The topological polar surface area (TPSA) is 100 Å². The van der Waals surface area contributed by atoms with E-state index in [0.29, 0.717) is 24.8 Å². The number of fused-ring (bicyclic) bond motifs is 1. The number of imide groups is 1. The summed E-state index contributed by atoms with van der Waals surface area (Å²) < 4.78 is 7.45. The van der Waals surface area contributed by atoms with Gasteiger partial charge in [0.25, 0.3) is 0 Å². The van der Waals surface area contributed by atoms with Gasteiger partial charge in [0.15, 0.2) is 0 Å². The molecule has 1 aromatic heterocycles. The number of anilines is 1. The van der Waals surface area contributed by atoms with E-state index in [9.17, 15) is 14.4 Å². The van der Waals surface area contributed by atoms with Gasteiger partial charge >= 0.3 is 6.09 Å². The highest BCUT2D eigenvalue weighted by Gasteiger charge is 2.34. The molecular formula is C29H42N6O4. The Bertz CT molecular complexity index is 1230. The number of carbonyl (C=O) groups is 3. The van der Waals surface area contributed by atoms with Crippen LogP contribution in [0.15, 0.2) is 18.2 Å². The van der Waals surface area contributed by atoms with E-state index in [0.717, 1.165) is 74.4 Å². The van der Waals surface area contributed by atoms with Crippen LogP contribution in [-0.4, -0.2) is 88.4 Å². The first-order valence-electron chi connectivity index (χ1n) is 14.3. The number of piperazine rings is 1. The van der Waals surface area contributed by atoms with E-state index in [1.54, 1.807) is 0 Å². The lowest BCUT2D eigenvalue weighted by Crippen LogP contribution is -2.53. The number of nitrogens with zero attached hydrogens (tertiary/aromatic N) is 5. The summed E-state index contributed by atoms with van der Waals surface area (Å²) in [4.78, 5) is 43.5. The lowest BCUT2D eigenvalue weighted by atomic mass is 9.89. The zero-order valence-electron chi connectivity index (χ0n) is 23.9. The number of carbonyl (C=O) groups excluding carboxylic acids is 3. The van der Waals surface area contributed by atoms with Crippen molar-refractivity contribution >= 4 is 34.5 Å². The van der Waals surface area contributed by atoms with Crippen molar-refractivity contribution in [2.75, 3.05) is 44.2 Å². The van der Waals surface area contributed by atoms with E-state index in [-0.39, 0.29) is 17.9 Å². The Morgan fingerprint density at radius 2 is 1.74 bits per heavy atom. The van der Waals surface area contributed by atoms with Gasteiger partial charge in [-0.05, 0) is 58.9 Å². The number of likely N-dealkylation sites (tertiary alicyclic amines) is 1. The molecule has 2 unspecified atom stereocenters. The van der Waals surface area contributed by atoms with Crippen LogP contribution in [0, 0.1) is 5.92 Å². The molecular weight excluding hydrogens is 496 g/mol. The summed E-state index contributed by atoms with van der Waals surface area (Å²) in [6, 6.07) is 6.68. The van der Waals surface area contributed by atoms with Crippen LogP contribution in [0.4, 0.5) is 10.5 Å². The second kappa shape index (κ2) is 10.8. The normalized spacial score (nSPS) is 22.7. The lowest BCUT2D eigenvalue weighted by molar-refractivity contribution is -0.134. The minimum Gasteiger partial charge on any atom is -0.444 e. The van der Waals surface area contributed by atoms with Gasteiger partial charge in [-0.2, -0.15) is 5.10 Å². The number of piperidine rings is 2. The molecule has 0 bridgehead atoms. The summed E-state index contributed by atoms with van der Waals surface area (Å²) in [5, 5.41) is 8.21. The number of hydrogen-bond donors (Lipinski definition) is 1. The maximum absolute atomic E-state index is 12.6. The van der Waals surface area contributed by atoms with E-state index in [2.05, 4.69) is 28.1 Å². The Kier molecular flexibility index (Phi) is 7.59. The molecule has 10 nitrogen and oxygen atoms in total. The van der Waals surface area contributed by atoms with Crippen molar-refractivity contribution < 1.29 is 19.1 Å². The molecule has 39 heavy (non-hydrogen) atoms. The van der Waals surface area contributed by atoms with Crippen LogP contribution in [0.3, 0.4) is 0 Å². The fourth-order valence-electron chi connectivity index (χ4n) is 6.37. The van der Waals surface area contributed by atoms with Gasteiger partial charge < -0.3 is 14.5 Å². The van der Waals surface area contributed by atoms with Gasteiger partial charge in [0.05, 0.1) is 22.8 Å². The van der Waals surface area contributed by atoms with Gasteiger partial charge in [0.2, 0.25) is 11.8 Å². The molecule has 0 aliphatic carbocycles. The molecule has 3 amide bonds. The van der Waals surface area contributed by atoms with Crippen LogP contribution in [0.2, 0.25) is 0 Å². The molecule has 1 aromatic carbocycles. The van der Waals surface area contributed by atoms with Gasteiger partial charge in [-0.25, -0.2) is 4.79 Å². The molecule has 212 valence electrons. The number of nitrogens with one attached hydrogen (secondary N) is 1. The third-order valence-electron chi connectivity index (χ3n) is 8.55. The molecule has 0 saturated carbocycles. The number of para-hydroxylation sites is 1. The molecule has 5 rings (SSSR count). The standard InChI is InChI=1S/C29H42N6O4/c1-19(20-11-13-35(14-12-20)28(38)39-29(2,3)4)33-15-17-34(18-16-33)23-8-6-7-21-25(31-32(5)26(21)23)22-9-10-24(36)30-27(22)37/h6-8,19-20,22H,9-18H2,1-5H3,(H,30,36,37). The zero-order valence-corrected chi connectivity index (χ0v) is 23.9. The molecule has 10 heteroatoms. The molecule has 2 atom stereocenters. The highest BCUT2D eigenvalue weighted by atomic mass is 16.6. The number of rotatable bonds is 4. The molecule has 3 aliphatic heterocycles. The quantitative estimate of drug-likeness (QED) is 0.597. The fourth-order valence-corrected chi connectivity index (χ4v) is 6.37. The first kappa shape index (κ1) is 27.4. The molecule has 1 N–H and O–H groups in total. The molecule has 3 saturated heterocycles. The summed E-state index contributed by atoms with van der Waals surface area (Å²) in [5.41, 5.74) is 2.46. The molecule has 3 aliphatic rings. The fraction of sp³-hybridized carbons (Fsp3) is 0.655. The van der Waals surface area contributed by atoms with Crippen molar-refractivity contribution in [2.24, 2.45) is 13.0 Å². The zero-order chi connectivity index (χ0) is 27.9. The molecule has 3 fully saturated rings. The summed E-state index contributed by atoms with van der Waals surface area (Å²) >= 11 is 0. The lowest BCUT2D eigenvalue weighted by Gasteiger charge is -2.44. The van der Waals surface area contributed by atoms with Crippen LogP contribution in [0.25, 0.3) is 10.9 Å². The van der Waals surface area contributed by atoms with Gasteiger partial charge in [0.1, 0.15) is 5.60 Å². The number of ether oxygens (including phenoxy) is 1. The Balaban J connectivity index is 1.21. The van der Waals surface area contributed by atoms with Crippen molar-refractivity contribution in [3.05, 3.63) is 23.9 Å². The number of benzene rings is 1. The van der Waals surface area contributed by atoms with Crippen LogP contribution >= 0.6 is 0 Å². The van der Waals surface area contributed by atoms with E-state index >= 15 is 0 Å². The number of amides is 3. The van der Waals surface area contributed by atoms with Crippen molar-refractivity contribution in [3.8, 4) is 0 Å². The number of aromatic nitrogens is 2. The van der Waals surface area contributed by atoms with Gasteiger partial charge in [-0.15, -0.1) is 0 Å². The second-order valence-corrected chi connectivity index (χ2v) is 12.3.